The van der Waals surface area contributed by atoms with Gasteiger partial charge in [-0.25, -0.2) is 8.78 Å². The SMILES string of the molecule is C=CCN(CC(=O)OCC)Cc1ccc(F)c(F)c1. The van der Waals surface area contributed by atoms with E-state index >= 15 is 0 Å². The van der Waals surface area contributed by atoms with Crippen molar-refractivity contribution in [2.24, 2.45) is 0 Å². The van der Waals surface area contributed by atoms with Crippen LogP contribution in [0, 0.1) is 11.6 Å². The summed E-state index contributed by atoms with van der Waals surface area (Å²) in [5.41, 5.74) is 0.588. The van der Waals surface area contributed by atoms with Crippen molar-refractivity contribution in [3.63, 3.8) is 0 Å². The van der Waals surface area contributed by atoms with Crippen LogP contribution >= 0.6 is 0 Å². The second-order valence-corrected chi connectivity index (χ2v) is 4.01. The van der Waals surface area contributed by atoms with Crippen LogP contribution in [-0.4, -0.2) is 30.6 Å². The first-order chi connectivity index (χ1) is 9.06. The van der Waals surface area contributed by atoms with Crippen molar-refractivity contribution < 1.29 is 18.3 Å². The Morgan fingerprint density at radius 1 is 1.42 bits per heavy atom. The second-order valence-electron chi connectivity index (χ2n) is 4.01. The van der Waals surface area contributed by atoms with E-state index in [1.807, 2.05) is 0 Å². The molecule has 5 heteroatoms. The summed E-state index contributed by atoms with van der Waals surface area (Å²) in [6.45, 7) is 6.50. The standard InChI is InChI=1S/C14H17F2NO2/c1-3-7-17(10-14(18)19-4-2)9-11-5-6-12(15)13(16)8-11/h3,5-6,8H,1,4,7,9-10H2,2H3. The molecule has 0 unspecified atom stereocenters. The fourth-order valence-electron chi connectivity index (χ4n) is 1.65. The molecule has 0 saturated heterocycles. The molecule has 0 spiro atoms. The fourth-order valence-corrected chi connectivity index (χ4v) is 1.65. The Hall–Kier alpha value is -1.75. The zero-order chi connectivity index (χ0) is 14.3. The molecule has 0 aliphatic heterocycles. The van der Waals surface area contributed by atoms with Crippen molar-refractivity contribution >= 4 is 5.97 Å². The molecule has 1 aromatic carbocycles. The lowest BCUT2D eigenvalue weighted by molar-refractivity contribution is -0.144. The first kappa shape index (κ1) is 15.3. The maximum absolute atomic E-state index is 13.1. The molecule has 0 aliphatic rings. The summed E-state index contributed by atoms with van der Waals surface area (Å²) in [5.74, 6) is -2.14. The first-order valence-electron chi connectivity index (χ1n) is 5.99. The predicted octanol–water partition coefficient (Wildman–Crippen LogP) is 2.52. The van der Waals surface area contributed by atoms with E-state index in [0.717, 1.165) is 12.1 Å². The van der Waals surface area contributed by atoms with Crippen LogP contribution in [0.4, 0.5) is 8.78 Å². The van der Waals surface area contributed by atoms with E-state index in [2.05, 4.69) is 6.58 Å². The molecule has 19 heavy (non-hydrogen) atoms. The molecule has 104 valence electrons. The molecule has 0 bridgehead atoms. The van der Waals surface area contributed by atoms with Gasteiger partial charge in [0.25, 0.3) is 0 Å². The number of rotatable bonds is 7. The van der Waals surface area contributed by atoms with Crippen LogP contribution in [0.3, 0.4) is 0 Å². The van der Waals surface area contributed by atoms with Gasteiger partial charge in [-0.05, 0) is 24.6 Å². The molecule has 0 amide bonds. The van der Waals surface area contributed by atoms with Crippen molar-refractivity contribution in [3.8, 4) is 0 Å². The van der Waals surface area contributed by atoms with Crippen molar-refractivity contribution in [3.05, 3.63) is 48.1 Å². The average Bonchev–Trinajstić information content (AvgIpc) is 2.34. The second kappa shape index (κ2) is 7.63. The number of hydrogen-bond donors (Lipinski definition) is 0. The van der Waals surface area contributed by atoms with E-state index in [1.165, 1.54) is 6.07 Å². The van der Waals surface area contributed by atoms with Gasteiger partial charge < -0.3 is 4.74 Å². The van der Waals surface area contributed by atoms with Gasteiger partial charge in [-0.3, -0.25) is 9.69 Å². The number of carbonyl (C=O) groups is 1. The van der Waals surface area contributed by atoms with Crippen molar-refractivity contribution in [1.29, 1.82) is 0 Å². The summed E-state index contributed by atoms with van der Waals surface area (Å²) in [7, 11) is 0. The van der Waals surface area contributed by atoms with Crippen LogP contribution in [0.1, 0.15) is 12.5 Å². The minimum absolute atomic E-state index is 0.0822. The molecule has 0 aromatic heterocycles. The Morgan fingerprint density at radius 3 is 2.74 bits per heavy atom. The predicted molar refractivity (Wildman–Crippen MR) is 68.5 cm³/mol. The maximum atomic E-state index is 13.1. The average molecular weight is 269 g/mol. The summed E-state index contributed by atoms with van der Waals surface area (Å²) in [6.07, 6.45) is 1.64. The Kier molecular flexibility index (Phi) is 6.15. The van der Waals surface area contributed by atoms with Crippen molar-refractivity contribution in [1.82, 2.24) is 4.90 Å². The summed E-state index contributed by atoms with van der Waals surface area (Å²) in [6, 6.07) is 3.68. The number of halogens is 2. The molecule has 0 heterocycles. The monoisotopic (exact) mass is 269 g/mol. The molecular weight excluding hydrogens is 252 g/mol. The lowest BCUT2D eigenvalue weighted by Gasteiger charge is -2.19. The van der Waals surface area contributed by atoms with Gasteiger partial charge in [0.05, 0.1) is 13.2 Å². The van der Waals surface area contributed by atoms with E-state index in [-0.39, 0.29) is 12.5 Å². The van der Waals surface area contributed by atoms with Crippen LogP contribution in [0.15, 0.2) is 30.9 Å². The van der Waals surface area contributed by atoms with Gasteiger partial charge in [0.2, 0.25) is 0 Å². The van der Waals surface area contributed by atoms with E-state index < -0.39 is 11.6 Å². The number of nitrogens with zero attached hydrogens (tertiary/aromatic N) is 1. The topological polar surface area (TPSA) is 29.5 Å². The third-order valence-electron chi connectivity index (χ3n) is 2.44. The molecule has 1 aromatic rings. The highest BCUT2D eigenvalue weighted by Crippen LogP contribution is 2.11. The highest BCUT2D eigenvalue weighted by atomic mass is 19.2. The van der Waals surface area contributed by atoms with Crippen molar-refractivity contribution in [2.45, 2.75) is 13.5 Å². The molecule has 0 N–H and O–H groups in total. The van der Waals surface area contributed by atoms with Crippen LogP contribution in [-0.2, 0) is 16.1 Å². The molecule has 3 nitrogen and oxygen atoms in total. The lowest BCUT2D eigenvalue weighted by Crippen LogP contribution is -2.30. The van der Waals surface area contributed by atoms with Gasteiger partial charge >= 0.3 is 5.97 Å². The number of benzene rings is 1. The van der Waals surface area contributed by atoms with E-state index in [9.17, 15) is 13.6 Å². The van der Waals surface area contributed by atoms with Gasteiger partial charge in [0.1, 0.15) is 0 Å². The van der Waals surface area contributed by atoms with Gasteiger partial charge in [0, 0.05) is 13.1 Å². The van der Waals surface area contributed by atoms with Gasteiger partial charge in [-0.15, -0.1) is 6.58 Å². The van der Waals surface area contributed by atoms with E-state index in [1.54, 1.807) is 17.9 Å². The third-order valence-corrected chi connectivity index (χ3v) is 2.44. The normalized spacial score (nSPS) is 10.5. The van der Waals surface area contributed by atoms with Gasteiger partial charge in [0.15, 0.2) is 11.6 Å². The van der Waals surface area contributed by atoms with Gasteiger partial charge in [-0.2, -0.15) is 0 Å². The zero-order valence-corrected chi connectivity index (χ0v) is 10.9. The molecule has 1 rings (SSSR count). The number of ether oxygens (including phenoxy) is 1. The lowest BCUT2D eigenvalue weighted by atomic mass is 10.2. The summed E-state index contributed by atoms with van der Waals surface area (Å²) in [5, 5.41) is 0. The van der Waals surface area contributed by atoms with Gasteiger partial charge in [-0.1, -0.05) is 12.1 Å². The molecule has 0 saturated carbocycles. The Morgan fingerprint density at radius 2 is 2.16 bits per heavy atom. The Bertz CT molecular complexity index is 449. The highest BCUT2D eigenvalue weighted by molar-refractivity contribution is 5.71. The minimum Gasteiger partial charge on any atom is -0.465 e. The number of carbonyl (C=O) groups excluding carboxylic acids is 1. The minimum atomic E-state index is -0.896. The molecule has 0 radical (unpaired) electrons. The summed E-state index contributed by atoms with van der Waals surface area (Å²) < 4.78 is 30.8. The molecule has 0 fully saturated rings. The van der Waals surface area contributed by atoms with Crippen molar-refractivity contribution in [2.75, 3.05) is 19.7 Å². The quantitative estimate of drug-likeness (QED) is 0.562. The number of esters is 1. The van der Waals surface area contributed by atoms with E-state index in [4.69, 9.17) is 4.74 Å². The zero-order valence-electron chi connectivity index (χ0n) is 10.9. The van der Waals surface area contributed by atoms with Crippen LogP contribution in [0.5, 0.6) is 0 Å². The maximum Gasteiger partial charge on any atom is 0.320 e. The van der Waals surface area contributed by atoms with Crippen LogP contribution in [0.25, 0.3) is 0 Å². The Labute approximate surface area is 111 Å². The smallest absolute Gasteiger partial charge is 0.320 e. The highest BCUT2D eigenvalue weighted by Gasteiger charge is 2.12. The molecule has 0 aliphatic carbocycles. The summed E-state index contributed by atoms with van der Waals surface area (Å²) >= 11 is 0. The summed E-state index contributed by atoms with van der Waals surface area (Å²) in [4.78, 5) is 13.1. The largest absolute Gasteiger partial charge is 0.465 e. The van der Waals surface area contributed by atoms with Crippen LogP contribution < -0.4 is 0 Å². The first-order valence-corrected chi connectivity index (χ1v) is 5.99. The molecule has 0 atom stereocenters. The van der Waals surface area contributed by atoms with Crippen LogP contribution in [0.2, 0.25) is 0 Å². The molecular formula is C14H17F2NO2. The third kappa shape index (κ3) is 5.18. The van der Waals surface area contributed by atoms with E-state index in [0.29, 0.717) is 25.3 Å². The fraction of sp³-hybridized carbons (Fsp3) is 0.357. The Balaban J connectivity index is 2.68. The number of hydrogen-bond acceptors (Lipinski definition) is 3.